The van der Waals surface area contributed by atoms with Gasteiger partial charge >= 0.3 is 0 Å². The van der Waals surface area contributed by atoms with Crippen LogP contribution in [0.4, 0.5) is 11.4 Å². The van der Waals surface area contributed by atoms with Crippen LogP contribution in [-0.2, 0) is 0 Å². The Morgan fingerprint density at radius 1 is 1.24 bits per heavy atom. The number of hydrogen-bond acceptors (Lipinski definition) is 2. The lowest BCUT2D eigenvalue weighted by Gasteiger charge is -2.44. The van der Waals surface area contributed by atoms with Crippen LogP contribution in [0.25, 0.3) is 0 Å². The predicted octanol–water partition coefficient (Wildman–Crippen LogP) is 6.13. The molecule has 1 aliphatic rings. The summed E-state index contributed by atoms with van der Waals surface area (Å²) in [4.78, 5) is 2.61. The van der Waals surface area contributed by atoms with Crippen LogP contribution in [0.1, 0.15) is 48.5 Å². The van der Waals surface area contributed by atoms with Gasteiger partial charge in [0, 0.05) is 19.0 Å². The highest BCUT2D eigenvalue weighted by Gasteiger charge is 2.44. The minimum Gasteiger partial charge on any atom is -0.386 e. The molecule has 2 heteroatoms. The minimum absolute atomic E-state index is 0.110. The van der Waals surface area contributed by atoms with Crippen molar-refractivity contribution in [2.24, 2.45) is 16.7 Å². The zero-order chi connectivity index (χ0) is 18.8. The number of para-hydroxylation sites is 2. The van der Waals surface area contributed by atoms with Crippen molar-refractivity contribution in [1.29, 1.82) is 0 Å². The van der Waals surface area contributed by atoms with Gasteiger partial charge in [0.2, 0.25) is 0 Å². The SMILES string of the molecule is CC=CC(C)(C)CN(c1ccccc1NC)C1C=C(C)C(C)C1(C)C. The maximum atomic E-state index is 3.39. The molecular weight excluding hydrogens is 304 g/mol. The second kappa shape index (κ2) is 7.27. The normalized spacial score (nSPS) is 23.0. The molecule has 1 aromatic rings. The van der Waals surface area contributed by atoms with E-state index in [1.165, 1.54) is 16.9 Å². The molecule has 0 amide bonds. The molecule has 0 saturated carbocycles. The smallest absolute Gasteiger partial charge is 0.0607 e. The van der Waals surface area contributed by atoms with Crippen LogP contribution in [0.2, 0.25) is 0 Å². The lowest BCUT2D eigenvalue weighted by molar-refractivity contribution is 0.245. The van der Waals surface area contributed by atoms with Gasteiger partial charge < -0.3 is 10.2 Å². The standard InChI is InChI=1S/C23H36N2/c1-9-14-22(4,5)16-25(20-13-11-10-12-19(20)24-8)21-15-17(2)18(3)23(21,6)7/h9-15,18,21,24H,16H2,1-8H3. The van der Waals surface area contributed by atoms with Crippen LogP contribution in [0.5, 0.6) is 0 Å². The van der Waals surface area contributed by atoms with Crippen LogP contribution >= 0.6 is 0 Å². The van der Waals surface area contributed by atoms with E-state index in [0.717, 1.165) is 6.54 Å². The molecule has 0 saturated heterocycles. The van der Waals surface area contributed by atoms with Gasteiger partial charge in [-0.3, -0.25) is 0 Å². The average Bonchev–Trinajstić information content (AvgIpc) is 2.75. The Labute approximate surface area is 155 Å². The summed E-state index contributed by atoms with van der Waals surface area (Å²) < 4.78 is 0. The quantitative estimate of drug-likeness (QED) is 0.627. The summed E-state index contributed by atoms with van der Waals surface area (Å²) in [6, 6.07) is 9.07. The Bertz CT molecular complexity index is 652. The van der Waals surface area contributed by atoms with E-state index in [1.807, 2.05) is 7.05 Å². The van der Waals surface area contributed by atoms with Crippen LogP contribution in [0, 0.1) is 16.7 Å². The van der Waals surface area contributed by atoms with E-state index < -0.39 is 0 Å². The summed E-state index contributed by atoms with van der Waals surface area (Å²) >= 11 is 0. The van der Waals surface area contributed by atoms with Crippen molar-refractivity contribution in [2.75, 3.05) is 23.8 Å². The first kappa shape index (κ1) is 19.6. The highest BCUT2D eigenvalue weighted by molar-refractivity contribution is 5.71. The molecule has 25 heavy (non-hydrogen) atoms. The topological polar surface area (TPSA) is 15.3 Å². The summed E-state index contributed by atoms with van der Waals surface area (Å²) in [6.45, 7) is 17.2. The summed E-state index contributed by atoms with van der Waals surface area (Å²) in [5.74, 6) is 0.589. The lowest BCUT2D eigenvalue weighted by Crippen LogP contribution is -2.47. The van der Waals surface area contributed by atoms with E-state index in [9.17, 15) is 0 Å². The predicted molar refractivity (Wildman–Crippen MR) is 112 cm³/mol. The number of anilines is 2. The highest BCUT2D eigenvalue weighted by atomic mass is 15.2. The van der Waals surface area contributed by atoms with Crippen molar-refractivity contribution in [1.82, 2.24) is 0 Å². The fourth-order valence-corrected chi connectivity index (χ4v) is 4.15. The maximum Gasteiger partial charge on any atom is 0.0607 e. The van der Waals surface area contributed by atoms with E-state index in [0.29, 0.717) is 12.0 Å². The van der Waals surface area contributed by atoms with E-state index in [1.54, 1.807) is 0 Å². The van der Waals surface area contributed by atoms with Crippen molar-refractivity contribution in [3.05, 3.63) is 48.1 Å². The van der Waals surface area contributed by atoms with Crippen molar-refractivity contribution in [3.8, 4) is 0 Å². The Balaban J connectivity index is 2.54. The van der Waals surface area contributed by atoms with Crippen molar-refractivity contribution in [2.45, 2.75) is 54.5 Å². The molecule has 1 N–H and O–H groups in total. The number of nitrogens with one attached hydrogen (secondary N) is 1. The van der Waals surface area contributed by atoms with Crippen LogP contribution in [-0.4, -0.2) is 19.6 Å². The minimum atomic E-state index is 0.110. The monoisotopic (exact) mass is 340 g/mol. The van der Waals surface area contributed by atoms with E-state index in [-0.39, 0.29) is 10.8 Å². The molecule has 0 bridgehead atoms. The van der Waals surface area contributed by atoms with Gasteiger partial charge in [-0.15, -0.1) is 0 Å². The molecule has 0 aromatic heterocycles. The Kier molecular flexibility index (Phi) is 5.71. The first-order chi connectivity index (χ1) is 11.6. The van der Waals surface area contributed by atoms with E-state index in [2.05, 4.69) is 101 Å². The fraction of sp³-hybridized carbons (Fsp3) is 0.565. The number of nitrogens with zero attached hydrogens (tertiary/aromatic N) is 1. The fourth-order valence-electron chi connectivity index (χ4n) is 4.15. The van der Waals surface area contributed by atoms with Gasteiger partial charge in [-0.05, 0) is 37.3 Å². The second-order valence-corrected chi connectivity index (χ2v) is 8.78. The lowest BCUT2D eigenvalue weighted by atomic mass is 9.76. The molecular formula is C23H36N2. The molecule has 2 rings (SSSR count). The third kappa shape index (κ3) is 3.94. The van der Waals surface area contributed by atoms with E-state index in [4.69, 9.17) is 0 Å². The average molecular weight is 341 g/mol. The van der Waals surface area contributed by atoms with Gasteiger partial charge in [0.1, 0.15) is 0 Å². The molecule has 0 fully saturated rings. The number of hydrogen-bond donors (Lipinski definition) is 1. The summed E-state index contributed by atoms with van der Waals surface area (Å²) in [7, 11) is 2.01. The first-order valence-electron chi connectivity index (χ1n) is 9.49. The van der Waals surface area contributed by atoms with Crippen molar-refractivity contribution < 1.29 is 0 Å². The molecule has 2 atom stereocenters. The molecule has 0 radical (unpaired) electrons. The van der Waals surface area contributed by atoms with Gasteiger partial charge in [0.05, 0.1) is 17.4 Å². The van der Waals surface area contributed by atoms with E-state index >= 15 is 0 Å². The largest absolute Gasteiger partial charge is 0.386 e. The number of rotatable bonds is 6. The summed E-state index contributed by atoms with van der Waals surface area (Å²) in [5, 5.41) is 3.39. The molecule has 0 heterocycles. The first-order valence-corrected chi connectivity index (χ1v) is 9.49. The van der Waals surface area contributed by atoms with Crippen molar-refractivity contribution >= 4 is 11.4 Å². The maximum absolute atomic E-state index is 3.39. The molecule has 0 spiro atoms. The molecule has 138 valence electrons. The van der Waals surface area contributed by atoms with Crippen molar-refractivity contribution in [3.63, 3.8) is 0 Å². The Morgan fingerprint density at radius 3 is 2.40 bits per heavy atom. The third-order valence-electron chi connectivity index (χ3n) is 6.00. The number of allylic oxidation sites excluding steroid dienone is 2. The summed E-state index contributed by atoms with van der Waals surface area (Å²) in [5.41, 5.74) is 4.31. The molecule has 0 aliphatic heterocycles. The molecule has 2 nitrogen and oxygen atoms in total. The third-order valence-corrected chi connectivity index (χ3v) is 6.00. The Hall–Kier alpha value is -1.70. The molecule has 1 aromatic carbocycles. The van der Waals surface area contributed by atoms with Gasteiger partial charge in [-0.1, -0.05) is 70.6 Å². The highest BCUT2D eigenvalue weighted by Crippen LogP contribution is 2.47. The van der Waals surface area contributed by atoms with Gasteiger partial charge in [0.25, 0.3) is 0 Å². The number of benzene rings is 1. The molecule has 2 unspecified atom stereocenters. The zero-order valence-corrected chi connectivity index (χ0v) is 17.4. The van der Waals surface area contributed by atoms with Gasteiger partial charge in [0.15, 0.2) is 0 Å². The Morgan fingerprint density at radius 2 is 1.88 bits per heavy atom. The van der Waals surface area contributed by atoms with Crippen LogP contribution < -0.4 is 10.2 Å². The summed E-state index contributed by atoms with van der Waals surface area (Å²) in [6.07, 6.45) is 6.98. The van der Waals surface area contributed by atoms with Crippen LogP contribution in [0.15, 0.2) is 48.1 Å². The molecule has 1 aliphatic carbocycles. The van der Waals surface area contributed by atoms with Crippen LogP contribution in [0.3, 0.4) is 0 Å². The van der Waals surface area contributed by atoms with Gasteiger partial charge in [-0.2, -0.15) is 0 Å². The zero-order valence-electron chi connectivity index (χ0n) is 17.4. The second-order valence-electron chi connectivity index (χ2n) is 8.78. The van der Waals surface area contributed by atoms with Gasteiger partial charge in [-0.25, -0.2) is 0 Å².